The van der Waals surface area contributed by atoms with Gasteiger partial charge in [0.15, 0.2) is 14.6 Å². The Kier molecular flexibility index (Phi) is 6.05. The molecule has 0 aliphatic heterocycles. The largest absolute Gasteiger partial charge is 0.416 e. The van der Waals surface area contributed by atoms with Gasteiger partial charge in [-0.05, 0) is 55.7 Å². The number of thiazole rings is 1. The van der Waals surface area contributed by atoms with Gasteiger partial charge in [0.2, 0.25) is 5.91 Å². The Balaban J connectivity index is 1.52. The summed E-state index contributed by atoms with van der Waals surface area (Å²) >= 11 is 6.95. The van der Waals surface area contributed by atoms with Crippen LogP contribution in [0.25, 0.3) is 0 Å². The van der Waals surface area contributed by atoms with Gasteiger partial charge in [-0.3, -0.25) is 4.79 Å². The Hall–Kier alpha value is -2.43. The van der Waals surface area contributed by atoms with E-state index >= 15 is 0 Å². The lowest BCUT2D eigenvalue weighted by atomic mass is 10.1. The lowest BCUT2D eigenvalue weighted by Gasteiger charge is -2.16. The van der Waals surface area contributed by atoms with E-state index in [2.05, 4.69) is 10.3 Å². The van der Waals surface area contributed by atoms with Crippen molar-refractivity contribution in [1.82, 2.24) is 4.98 Å². The van der Waals surface area contributed by atoms with Gasteiger partial charge in [-0.15, -0.1) is 11.3 Å². The van der Waals surface area contributed by atoms with Gasteiger partial charge >= 0.3 is 6.18 Å². The van der Waals surface area contributed by atoms with Gasteiger partial charge in [0.25, 0.3) is 0 Å². The molecule has 0 spiro atoms. The number of hydrogen-bond donors (Lipinski definition) is 1. The molecular weight excluding hydrogens is 497 g/mol. The van der Waals surface area contributed by atoms with Gasteiger partial charge in [0.1, 0.15) is 5.00 Å². The van der Waals surface area contributed by atoms with E-state index in [0.29, 0.717) is 26.3 Å². The van der Waals surface area contributed by atoms with E-state index in [-0.39, 0.29) is 24.2 Å². The zero-order valence-electron chi connectivity index (χ0n) is 17.2. The third kappa shape index (κ3) is 4.64. The number of anilines is 1. The van der Waals surface area contributed by atoms with Crippen molar-refractivity contribution in [2.75, 3.05) is 5.32 Å². The summed E-state index contributed by atoms with van der Waals surface area (Å²) in [6, 6.07) is 10.6. The quantitative estimate of drug-likeness (QED) is 0.460. The molecule has 0 atom stereocenters. The average molecular weight is 515 g/mol. The second-order valence-corrected chi connectivity index (χ2v) is 11.6. The van der Waals surface area contributed by atoms with Crippen LogP contribution in [0, 0.1) is 6.92 Å². The molecule has 1 saturated carbocycles. The molecule has 1 amide bonds. The van der Waals surface area contributed by atoms with Gasteiger partial charge in [0, 0.05) is 11.4 Å². The molecule has 33 heavy (non-hydrogen) atoms. The van der Waals surface area contributed by atoms with E-state index in [1.165, 1.54) is 30.3 Å². The predicted molar refractivity (Wildman–Crippen MR) is 120 cm³/mol. The molecule has 5 nitrogen and oxygen atoms in total. The number of aromatic nitrogens is 1. The molecule has 1 heterocycles. The number of alkyl halides is 3. The van der Waals surface area contributed by atoms with Crippen molar-refractivity contribution in [2.45, 2.75) is 42.0 Å². The highest BCUT2D eigenvalue weighted by Gasteiger charge is 2.61. The first-order chi connectivity index (χ1) is 15.4. The standard InChI is InChI=1S/C22H18ClF3N2O3S2/c1-13-19(32-18(27-13)12-14-3-2-4-15(11-14)22(24,25)26)28-20(29)21(9-10-21)33(30,31)17-7-5-16(23)6-8-17/h2-8,11H,9-10,12H2,1H3,(H,28,29). The summed E-state index contributed by atoms with van der Waals surface area (Å²) in [7, 11) is -3.93. The summed E-state index contributed by atoms with van der Waals surface area (Å²) in [5, 5.41) is 3.94. The van der Waals surface area contributed by atoms with Gasteiger partial charge in [0.05, 0.1) is 21.2 Å². The molecule has 2 aromatic carbocycles. The van der Waals surface area contributed by atoms with Crippen LogP contribution in [-0.2, 0) is 27.2 Å². The summed E-state index contributed by atoms with van der Waals surface area (Å²) in [4.78, 5) is 17.4. The highest BCUT2D eigenvalue weighted by molar-refractivity contribution is 7.94. The minimum Gasteiger partial charge on any atom is -0.315 e. The first-order valence-electron chi connectivity index (χ1n) is 9.86. The van der Waals surface area contributed by atoms with Crippen molar-refractivity contribution in [1.29, 1.82) is 0 Å². The lowest BCUT2D eigenvalue weighted by Crippen LogP contribution is -2.37. The van der Waals surface area contributed by atoms with Crippen LogP contribution >= 0.6 is 22.9 Å². The highest BCUT2D eigenvalue weighted by Crippen LogP contribution is 2.48. The second kappa shape index (κ2) is 8.41. The second-order valence-electron chi connectivity index (χ2n) is 7.80. The lowest BCUT2D eigenvalue weighted by molar-refractivity contribution is -0.137. The molecule has 0 saturated heterocycles. The number of nitrogens with one attached hydrogen (secondary N) is 1. The molecule has 1 aliphatic rings. The third-order valence-electron chi connectivity index (χ3n) is 5.43. The third-order valence-corrected chi connectivity index (χ3v) is 9.27. The van der Waals surface area contributed by atoms with Crippen LogP contribution in [0.2, 0.25) is 5.02 Å². The minimum absolute atomic E-state index is 0.0193. The molecule has 1 aromatic heterocycles. The van der Waals surface area contributed by atoms with Crippen molar-refractivity contribution in [3.05, 3.63) is 75.4 Å². The topological polar surface area (TPSA) is 76.1 Å². The zero-order valence-corrected chi connectivity index (χ0v) is 19.6. The maximum Gasteiger partial charge on any atom is 0.416 e. The van der Waals surface area contributed by atoms with Crippen molar-refractivity contribution in [3.63, 3.8) is 0 Å². The summed E-state index contributed by atoms with van der Waals surface area (Å²) < 4.78 is 63.5. The summed E-state index contributed by atoms with van der Waals surface area (Å²) in [6.45, 7) is 1.65. The molecule has 3 aromatic rings. The number of rotatable bonds is 6. The first-order valence-corrected chi connectivity index (χ1v) is 12.5. The van der Waals surface area contributed by atoms with Crippen LogP contribution in [0.1, 0.15) is 34.7 Å². The SMILES string of the molecule is Cc1nc(Cc2cccc(C(F)(F)F)c2)sc1NC(=O)C1(S(=O)(=O)c2ccc(Cl)cc2)CC1. The zero-order chi connectivity index (χ0) is 24.0. The number of sulfone groups is 1. The van der Waals surface area contributed by atoms with Crippen LogP contribution in [0.4, 0.5) is 18.2 Å². The number of halogens is 4. The van der Waals surface area contributed by atoms with E-state index in [0.717, 1.165) is 23.5 Å². The number of nitrogens with zero attached hydrogens (tertiary/aromatic N) is 1. The van der Waals surface area contributed by atoms with Crippen molar-refractivity contribution in [3.8, 4) is 0 Å². The van der Waals surface area contributed by atoms with Gasteiger partial charge in [-0.1, -0.05) is 29.8 Å². The predicted octanol–water partition coefficient (Wildman–Crippen LogP) is 5.66. The molecule has 4 rings (SSSR count). The van der Waals surface area contributed by atoms with Crippen LogP contribution in [0.5, 0.6) is 0 Å². The van der Waals surface area contributed by atoms with Crippen LogP contribution in [0.3, 0.4) is 0 Å². The van der Waals surface area contributed by atoms with E-state index in [9.17, 15) is 26.4 Å². The minimum atomic E-state index is -4.44. The fourth-order valence-electron chi connectivity index (χ4n) is 3.46. The van der Waals surface area contributed by atoms with E-state index in [1.807, 2.05) is 0 Å². The number of aryl methyl sites for hydroxylation is 1. The Morgan fingerprint density at radius 1 is 1.18 bits per heavy atom. The van der Waals surface area contributed by atoms with E-state index in [1.54, 1.807) is 13.0 Å². The number of amides is 1. The fourth-order valence-corrected chi connectivity index (χ4v) is 6.46. The van der Waals surface area contributed by atoms with Crippen LogP contribution in [0.15, 0.2) is 53.4 Å². The van der Waals surface area contributed by atoms with Crippen LogP contribution in [-0.4, -0.2) is 24.1 Å². The molecule has 0 radical (unpaired) electrons. The van der Waals surface area contributed by atoms with Gasteiger partial charge in [-0.25, -0.2) is 13.4 Å². The molecule has 0 unspecified atom stereocenters. The van der Waals surface area contributed by atoms with Crippen LogP contribution < -0.4 is 5.32 Å². The summed E-state index contributed by atoms with van der Waals surface area (Å²) in [6.07, 6.45) is -3.90. The number of benzene rings is 2. The molecule has 174 valence electrons. The monoisotopic (exact) mass is 514 g/mol. The van der Waals surface area contributed by atoms with E-state index in [4.69, 9.17) is 11.6 Å². The average Bonchev–Trinajstić information content (AvgIpc) is 3.50. The molecule has 1 fully saturated rings. The molecule has 1 N–H and O–H groups in total. The maximum absolute atomic E-state index is 13.1. The summed E-state index contributed by atoms with van der Waals surface area (Å²) in [5.41, 5.74) is 0.153. The van der Waals surface area contributed by atoms with E-state index < -0.39 is 32.2 Å². The Morgan fingerprint density at radius 2 is 1.85 bits per heavy atom. The Bertz CT molecular complexity index is 1320. The van der Waals surface area contributed by atoms with Gasteiger partial charge < -0.3 is 5.32 Å². The number of carbonyl (C=O) groups excluding carboxylic acids is 1. The van der Waals surface area contributed by atoms with Gasteiger partial charge in [-0.2, -0.15) is 13.2 Å². The first kappa shape index (κ1) is 23.7. The molecule has 11 heteroatoms. The smallest absolute Gasteiger partial charge is 0.315 e. The molecular formula is C22H18ClF3N2O3S2. The van der Waals surface area contributed by atoms with Crippen molar-refractivity contribution in [2.24, 2.45) is 0 Å². The van der Waals surface area contributed by atoms with Crippen molar-refractivity contribution < 1.29 is 26.4 Å². The summed E-state index contributed by atoms with van der Waals surface area (Å²) in [5.74, 6) is -0.644. The maximum atomic E-state index is 13.1. The normalized spacial score (nSPS) is 15.3. The number of hydrogen-bond acceptors (Lipinski definition) is 5. The number of carbonyl (C=O) groups is 1. The Labute approximate surface area is 197 Å². The van der Waals surface area contributed by atoms with Crippen molar-refractivity contribution >= 4 is 43.7 Å². The highest BCUT2D eigenvalue weighted by atomic mass is 35.5. The Morgan fingerprint density at radius 3 is 2.45 bits per heavy atom. The fraction of sp³-hybridized carbons (Fsp3) is 0.273. The molecule has 0 bridgehead atoms. The molecule has 1 aliphatic carbocycles.